The van der Waals surface area contributed by atoms with Gasteiger partial charge < -0.3 is 21.7 Å². The van der Waals surface area contributed by atoms with Crippen molar-refractivity contribution in [3.05, 3.63) is 29.7 Å². The van der Waals surface area contributed by atoms with Crippen LogP contribution in [0.3, 0.4) is 0 Å². The molecule has 1 saturated heterocycles. The van der Waals surface area contributed by atoms with Crippen molar-refractivity contribution < 1.29 is 4.79 Å². The molecule has 0 bridgehead atoms. The number of hydrogen-bond donors (Lipinski definition) is 3. The van der Waals surface area contributed by atoms with Crippen molar-refractivity contribution in [2.24, 2.45) is 5.73 Å². The normalized spacial score (nSPS) is 18.2. The Morgan fingerprint density at radius 1 is 1.50 bits per heavy atom. The summed E-state index contributed by atoms with van der Waals surface area (Å²) in [5.41, 5.74) is 15.2. The molecule has 3 rings (SSSR count). The Bertz CT molecular complexity index is 673. The Hall–Kier alpha value is -2.19. The SMILES string of the molecule is Nc1scnc1C(=O)Nc1cnccc1N1CCCC(N)C1. The maximum Gasteiger partial charge on any atom is 0.277 e. The van der Waals surface area contributed by atoms with Gasteiger partial charge in [0.05, 0.1) is 23.1 Å². The molecule has 5 N–H and O–H groups in total. The number of nitrogens with one attached hydrogen (secondary N) is 1. The Kier molecular flexibility index (Phi) is 4.21. The first-order chi connectivity index (χ1) is 10.6. The van der Waals surface area contributed by atoms with Crippen molar-refractivity contribution in [3.63, 3.8) is 0 Å². The lowest BCUT2D eigenvalue weighted by Gasteiger charge is -2.33. The highest BCUT2D eigenvalue weighted by atomic mass is 32.1. The van der Waals surface area contributed by atoms with Crippen molar-refractivity contribution in [1.29, 1.82) is 0 Å². The van der Waals surface area contributed by atoms with Crippen LogP contribution in [-0.4, -0.2) is 35.0 Å². The van der Waals surface area contributed by atoms with Crippen molar-refractivity contribution in [1.82, 2.24) is 9.97 Å². The van der Waals surface area contributed by atoms with Crippen LogP contribution in [0.25, 0.3) is 0 Å². The first-order valence-electron chi connectivity index (χ1n) is 7.10. The Balaban J connectivity index is 1.82. The quantitative estimate of drug-likeness (QED) is 0.787. The van der Waals surface area contributed by atoms with Gasteiger partial charge in [-0.25, -0.2) is 4.98 Å². The molecule has 1 amide bonds. The van der Waals surface area contributed by atoms with E-state index >= 15 is 0 Å². The van der Waals surface area contributed by atoms with E-state index in [1.807, 2.05) is 6.07 Å². The van der Waals surface area contributed by atoms with Crippen molar-refractivity contribution in [2.45, 2.75) is 18.9 Å². The third kappa shape index (κ3) is 3.02. The lowest BCUT2D eigenvalue weighted by Crippen LogP contribution is -2.43. The number of aromatic nitrogens is 2. The number of amides is 1. The monoisotopic (exact) mass is 318 g/mol. The fourth-order valence-corrected chi connectivity index (χ4v) is 3.12. The van der Waals surface area contributed by atoms with Gasteiger partial charge in [0, 0.05) is 25.3 Å². The fourth-order valence-electron chi connectivity index (χ4n) is 2.60. The van der Waals surface area contributed by atoms with E-state index < -0.39 is 0 Å². The minimum Gasteiger partial charge on any atom is -0.389 e. The molecule has 1 fully saturated rings. The number of hydrogen-bond acceptors (Lipinski definition) is 7. The maximum absolute atomic E-state index is 12.3. The van der Waals surface area contributed by atoms with Crippen LogP contribution in [-0.2, 0) is 0 Å². The van der Waals surface area contributed by atoms with E-state index in [9.17, 15) is 4.79 Å². The van der Waals surface area contributed by atoms with Gasteiger partial charge in [-0.1, -0.05) is 0 Å². The molecule has 8 heteroatoms. The van der Waals surface area contributed by atoms with Crippen LogP contribution in [0.5, 0.6) is 0 Å². The van der Waals surface area contributed by atoms with Gasteiger partial charge in [0.15, 0.2) is 5.69 Å². The first kappa shape index (κ1) is 14.7. The van der Waals surface area contributed by atoms with Gasteiger partial charge in [0.2, 0.25) is 0 Å². The van der Waals surface area contributed by atoms with Crippen molar-refractivity contribution >= 4 is 33.6 Å². The van der Waals surface area contributed by atoms with Gasteiger partial charge in [-0.3, -0.25) is 9.78 Å². The van der Waals surface area contributed by atoms with Crippen LogP contribution >= 0.6 is 11.3 Å². The van der Waals surface area contributed by atoms with Gasteiger partial charge in [-0.15, -0.1) is 11.3 Å². The average molecular weight is 318 g/mol. The lowest BCUT2D eigenvalue weighted by atomic mass is 10.1. The summed E-state index contributed by atoms with van der Waals surface area (Å²) in [5, 5.41) is 3.25. The third-order valence-corrected chi connectivity index (χ3v) is 4.31. The molecule has 0 radical (unpaired) electrons. The number of pyridine rings is 1. The van der Waals surface area contributed by atoms with Gasteiger partial charge >= 0.3 is 0 Å². The van der Waals surface area contributed by atoms with Crippen LogP contribution in [0.15, 0.2) is 24.0 Å². The second kappa shape index (κ2) is 6.29. The van der Waals surface area contributed by atoms with E-state index in [1.165, 1.54) is 11.3 Å². The molecule has 7 nitrogen and oxygen atoms in total. The van der Waals surface area contributed by atoms with E-state index in [0.29, 0.717) is 10.7 Å². The van der Waals surface area contributed by atoms with Crippen LogP contribution in [0, 0.1) is 0 Å². The van der Waals surface area contributed by atoms with Gasteiger partial charge in [0.1, 0.15) is 5.00 Å². The highest BCUT2D eigenvalue weighted by molar-refractivity contribution is 7.14. The zero-order valence-electron chi connectivity index (χ0n) is 12.0. The zero-order chi connectivity index (χ0) is 15.5. The number of carbonyl (C=O) groups excluding carboxylic acids is 1. The van der Waals surface area contributed by atoms with Crippen LogP contribution in [0.1, 0.15) is 23.3 Å². The summed E-state index contributed by atoms with van der Waals surface area (Å²) in [6.07, 6.45) is 5.41. The van der Waals surface area contributed by atoms with Crippen molar-refractivity contribution in [2.75, 3.05) is 29.0 Å². The number of nitrogens with two attached hydrogens (primary N) is 2. The molecule has 3 heterocycles. The van der Waals surface area contributed by atoms with Crippen LogP contribution in [0.2, 0.25) is 0 Å². The fraction of sp³-hybridized carbons (Fsp3) is 0.357. The molecule has 1 aliphatic heterocycles. The highest BCUT2D eigenvalue weighted by Gasteiger charge is 2.21. The Morgan fingerprint density at radius 3 is 3.09 bits per heavy atom. The molecule has 0 aromatic carbocycles. The maximum atomic E-state index is 12.3. The van der Waals surface area contributed by atoms with Crippen molar-refractivity contribution in [3.8, 4) is 0 Å². The number of piperidine rings is 1. The molecular formula is C14H18N6OS. The van der Waals surface area contributed by atoms with Crippen LogP contribution < -0.4 is 21.7 Å². The predicted octanol–water partition coefficient (Wildman–Crippen LogP) is 1.30. The molecule has 0 aliphatic carbocycles. The van der Waals surface area contributed by atoms with Crippen LogP contribution in [0.4, 0.5) is 16.4 Å². The summed E-state index contributed by atoms with van der Waals surface area (Å²) < 4.78 is 0. The van der Waals surface area contributed by atoms with E-state index in [1.54, 1.807) is 17.9 Å². The predicted molar refractivity (Wildman–Crippen MR) is 88.1 cm³/mol. The molecule has 2 aromatic heterocycles. The summed E-state index contributed by atoms with van der Waals surface area (Å²) in [7, 11) is 0. The highest BCUT2D eigenvalue weighted by Crippen LogP contribution is 2.28. The Morgan fingerprint density at radius 2 is 2.36 bits per heavy atom. The lowest BCUT2D eigenvalue weighted by molar-refractivity contribution is 0.102. The molecule has 1 aliphatic rings. The Labute approximate surface area is 132 Å². The largest absolute Gasteiger partial charge is 0.389 e. The summed E-state index contributed by atoms with van der Waals surface area (Å²) in [5.74, 6) is -0.325. The zero-order valence-corrected chi connectivity index (χ0v) is 12.8. The smallest absolute Gasteiger partial charge is 0.277 e. The number of carbonyl (C=O) groups is 1. The van der Waals surface area contributed by atoms with Gasteiger partial charge in [0.25, 0.3) is 5.91 Å². The number of nitrogen functional groups attached to an aromatic ring is 1. The summed E-state index contributed by atoms with van der Waals surface area (Å²) in [6.45, 7) is 1.69. The number of anilines is 3. The molecule has 1 unspecified atom stereocenters. The third-order valence-electron chi connectivity index (χ3n) is 3.65. The molecule has 22 heavy (non-hydrogen) atoms. The number of rotatable bonds is 3. The molecule has 0 spiro atoms. The van der Waals surface area contributed by atoms with E-state index in [-0.39, 0.29) is 17.6 Å². The topological polar surface area (TPSA) is 110 Å². The summed E-state index contributed by atoms with van der Waals surface area (Å²) in [6, 6.07) is 2.04. The number of thiazole rings is 1. The van der Waals surface area contributed by atoms with E-state index in [4.69, 9.17) is 11.5 Å². The second-order valence-electron chi connectivity index (χ2n) is 5.26. The minimum atomic E-state index is -0.325. The summed E-state index contributed by atoms with van der Waals surface area (Å²) >= 11 is 1.24. The van der Waals surface area contributed by atoms with E-state index in [0.717, 1.165) is 31.6 Å². The second-order valence-corrected chi connectivity index (χ2v) is 6.15. The summed E-state index contributed by atoms with van der Waals surface area (Å²) in [4.78, 5) is 22.5. The minimum absolute atomic E-state index is 0.152. The molecule has 2 aromatic rings. The average Bonchev–Trinajstić information content (AvgIpc) is 2.94. The molecular weight excluding hydrogens is 300 g/mol. The molecule has 116 valence electrons. The van der Waals surface area contributed by atoms with Gasteiger partial charge in [-0.05, 0) is 18.9 Å². The first-order valence-corrected chi connectivity index (χ1v) is 7.98. The molecule has 1 atom stereocenters. The van der Waals surface area contributed by atoms with E-state index in [2.05, 4.69) is 20.2 Å². The van der Waals surface area contributed by atoms with Gasteiger partial charge in [-0.2, -0.15) is 0 Å². The standard InChI is InChI=1S/C14H18N6OS/c15-9-2-1-5-20(7-9)11-3-4-17-6-10(11)19-14(21)12-13(16)22-8-18-12/h3-4,6,8-9H,1-2,5,7,15-16H2,(H,19,21). The number of nitrogens with zero attached hydrogens (tertiary/aromatic N) is 3. The molecule has 0 saturated carbocycles.